The monoisotopic (exact) mass is 390 g/mol. The van der Waals surface area contributed by atoms with Crippen LogP contribution in [0.2, 0.25) is 0 Å². The highest BCUT2D eigenvalue weighted by atomic mass is 31.2. The van der Waals surface area contributed by atoms with Crippen LogP contribution in [0, 0.1) is 0 Å². The molecule has 2 aromatic rings. The molecule has 0 aliphatic rings. The second-order valence-corrected chi connectivity index (χ2v) is 8.08. The third kappa shape index (κ3) is 9.12. The van der Waals surface area contributed by atoms with Crippen molar-refractivity contribution in [3.05, 3.63) is 60.7 Å². The summed E-state index contributed by atoms with van der Waals surface area (Å²) in [7, 11) is -3.73. The van der Waals surface area contributed by atoms with Gasteiger partial charge in [-0.1, -0.05) is 88.3 Å². The zero-order valence-corrected chi connectivity index (χ0v) is 17.1. The average molecular weight is 390 g/mol. The minimum absolute atomic E-state index is 0.353. The molecule has 0 unspecified atom stereocenters. The largest absolute Gasteiger partial charge is 0.587 e. The van der Waals surface area contributed by atoms with Gasteiger partial charge in [0.25, 0.3) is 0 Å². The number of benzene rings is 2. The van der Waals surface area contributed by atoms with Crippen molar-refractivity contribution < 1.29 is 18.1 Å². The summed E-state index contributed by atoms with van der Waals surface area (Å²) in [5.74, 6) is 0.931. The molecule has 0 heterocycles. The highest BCUT2D eigenvalue weighted by molar-refractivity contribution is 7.49. The molecule has 4 nitrogen and oxygen atoms in total. The quantitative estimate of drug-likeness (QED) is 0.249. The van der Waals surface area contributed by atoms with Gasteiger partial charge in [-0.2, -0.15) is 0 Å². The van der Waals surface area contributed by atoms with Crippen molar-refractivity contribution in [1.82, 2.24) is 0 Å². The van der Waals surface area contributed by atoms with Crippen LogP contribution >= 0.6 is 7.82 Å². The molecule has 0 radical (unpaired) electrons. The molecule has 0 amide bonds. The van der Waals surface area contributed by atoms with Gasteiger partial charge < -0.3 is 9.05 Å². The number of phosphoric acid groups is 1. The first-order chi connectivity index (χ1) is 13.2. The fourth-order valence-corrected chi connectivity index (χ4v) is 3.96. The minimum Gasteiger partial charge on any atom is -0.395 e. The van der Waals surface area contributed by atoms with E-state index in [-0.39, 0.29) is 0 Å². The highest BCUT2D eigenvalue weighted by Gasteiger charge is 2.30. The van der Waals surface area contributed by atoms with E-state index in [0.29, 0.717) is 18.1 Å². The van der Waals surface area contributed by atoms with Crippen LogP contribution in [0.4, 0.5) is 0 Å². The van der Waals surface area contributed by atoms with Gasteiger partial charge in [0.2, 0.25) is 0 Å². The summed E-state index contributed by atoms with van der Waals surface area (Å²) in [6, 6.07) is 18.0. The summed E-state index contributed by atoms with van der Waals surface area (Å²) in [6.07, 6.45) is 9.53. The van der Waals surface area contributed by atoms with Crippen LogP contribution in [-0.2, 0) is 9.09 Å². The highest BCUT2D eigenvalue weighted by Crippen LogP contribution is 2.49. The topological polar surface area (TPSA) is 44.8 Å². The summed E-state index contributed by atoms with van der Waals surface area (Å²) >= 11 is 0. The molecule has 0 saturated heterocycles. The smallest absolute Gasteiger partial charge is 0.395 e. The first-order valence-corrected chi connectivity index (χ1v) is 11.4. The number of unbranched alkanes of at least 4 members (excludes halogenated alkanes) is 7. The average Bonchev–Trinajstić information content (AvgIpc) is 2.68. The Balaban J connectivity index is 1.80. The summed E-state index contributed by atoms with van der Waals surface area (Å²) < 4.78 is 29.9. The van der Waals surface area contributed by atoms with Crippen LogP contribution in [-0.4, -0.2) is 6.61 Å². The molecule has 0 aliphatic heterocycles. The van der Waals surface area contributed by atoms with E-state index in [9.17, 15) is 4.57 Å². The lowest BCUT2D eigenvalue weighted by molar-refractivity contribution is 0.205. The van der Waals surface area contributed by atoms with Crippen molar-refractivity contribution in [1.29, 1.82) is 0 Å². The van der Waals surface area contributed by atoms with Gasteiger partial charge in [0.05, 0.1) is 6.61 Å². The number of hydrogen-bond acceptors (Lipinski definition) is 4. The molecule has 0 spiro atoms. The molecule has 0 bridgehead atoms. The zero-order chi connectivity index (χ0) is 19.2. The number of hydrogen-bond donors (Lipinski definition) is 0. The fourth-order valence-electron chi connectivity index (χ4n) is 2.70. The van der Waals surface area contributed by atoms with Gasteiger partial charge in [-0.15, -0.1) is 0 Å². The van der Waals surface area contributed by atoms with E-state index in [0.717, 1.165) is 12.8 Å². The maximum absolute atomic E-state index is 13.1. The Morgan fingerprint density at radius 3 is 1.59 bits per heavy atom. The Morgan fingerprint density at radius 1 is 0.667 bits per heavy atom. The van der Waals surface area contributed by atoms with Crippen molar-refractivity contribution >= 4 is 7.82 Å². The standard InChI is InChI=1S/C22H31O4P/c1-2-3-4-5-6-7-8-15-20-24-27(23,25-21-16-11-9-12-17-21)26-22-18-13-10-14-19-22/h9-14,16-19H,2-8,15,20H2,1H3. The van der Waals surface area contributed by atoms with E-state index in [1.54, 1.807) is 24.3 Å². The van der Waals surface area contributed by atoms with Gasteiger partial charge in [0.1, 0.15) is 11.5 Å². The van der Waals surface area contributed by atoms with Crippen LogP contribution in [0.3, 0.4) is 0 Å². The molecule has 0 aliphatic carbocycles. The summed E-state index contributed by atoms with van der Waals surface area (Å²) in [6.45, 7) is 2.58. The lowest BCUT2D eigenvalue weighted by atomic mass is 10.1. The maximum atomic E-state index is 13.1. The zero-order valence-electron chi connectivity index (χ0n) is 16.2. The van der Waals surface area contributed by atoms with Crippen LogP contribution in [0.25, 0.3) is 0 Å². The number of rotatable bonds is 14. The van der Waals surface area contributed by atoms with E-state index < -0.39 is 7.82 Å². The minimum atomic E-state index is -3.73. The van der Waals surface area contributed by atoms with E-state index in [1.165, 1.54) is 38.5 Å². The molecule has 2 rings (SSSR count). The molecule has 0 saturated carbocycles. The molecule has 5 heteroatoms. The third-order valence-corrected chi connectivity index (χ3v) is 5.54. The molecule has 0 fully saturated rings. The Morgan fingerprint density at radius 2 is 1.11 bits per heavy atom. The lowest BCUT2D eigenvalue weighted by Gasteiger charge is -2.19. The summed E-state index contributed by atoms with van der Waals surface area (Å²) in [5, 5.41) is 0. The fraction of sp³-hybridized carbons (Fsp3) is 0.455. The second-order valence-electron chi connectivity index (χ2n) is 6.56. The van der Waals surface area contributed by atoms with Gasteiger partial charge in [0, 0.05) is 0 Å². The SMILES string of the molecule is CCCCCCCCCCOP(=O)(Oc1ccccc1)Oc1ccccc1. The number of phosphoric ester groups is 1. The predicted octanol–water partition coefficient (Wildman–Crippen LogP) is 7.41. The normalized spacial score (nSPS) is 11.3. The second kappa shape index (κ2) is 12.6. The van der Waals surface area contributed by atoms with Gasteiger partial charge in [-0.3, -0.25) is 4.52 Å². The predicted molar refractivity (Wildman–Crippen MR) is 110 cm³/mol. The molecule has 0 atom stereocenters. The Kier molecular flexibility index (Phi) is 10.0. The molecular formula is C22H31O4P. The summed E-state index contributed by atoms with van der Waals surface area (Å²) in [4.78, 5) is 0. The maximum Gasteiger partial charge on any atom is 0.587 e. The molecule has 148 valence electrons. The lowest BCUT2D eigenvalue weighted by Crippen LogP contribution is -2.06. The van der Waals surface area contributed by atoms with E-state index in [4.69, 9.17) is 13.6 Å². The molecule has 27 heavy (non-hydrogen) atoms. The Hall–Kier alpha value is -1.77. The third-order valence-electron chi connectivity index (χ3n) is 4.17. The van der Waals surface area contributed by atoms with E-state index in [1.807, 2.05) is 36.4 Å². The van der Waals surface area contributed by atoms with Gasteiger partial charge >= 0.3 is 7.82 Å². The van der Waals surface area contributed by atoms with E-state index >= 15 is 0 Å². The Bertz CT molecular complexity index is 615. The molecule has 2 aromatic carbocycles. The van der Waals surface area contributed by atoms with Crippen LogP contribution in [0.15, 0.2) is 60.7 Å². The van der Waals surface area contributed by atoms with Gasteiger partial charge in [-0.25, -0.2) is 4.57 Å². The first kappa shape index (κ1) is 21.5. The molecular weight excluding hydrogens is 359 g/mol. The van der Waals surface area contributed by atoms with Crippen molar-refractivity contribution in [2.45, 2.75) is 58.3 Å². The Labute approximate surface area is 163 Å². The van der Waals surface area contributed by atoms with Crippen LogP contribution in [0.1, 0.15) is 58.3 Å². The van der Waals surface area contributed by atoms with Crippen molar-refractivity contribution in [2.75, 3.05) is 6.61 Å². The van der Waals surface area contributed by atoms with Gasteiger partial charge in [0.15, 0.2) is 0 Å². The van der Waals surface area contributed by atoms with Crippen LogP contribution in [0.5, 0.6) is 11.5 Å². The first-order valence-electron chi connectivity index (χ1n) is 9.96. The number of para-hydroxylation sites is 2. The molecule has 0 aromatic heterocycles. The molecule has 0 N–H and O–H groups in total. The summed E-state index contributed by atoms with van der Waals surface area (Å²) in [5.41, 5.74) is 0. The van der Waals surface area contributed by atoms with Crippen molar-refractivity contribution in [3.63, 3.8) is 0 Å². The van der Waals surface area contributed by atoms with E-state index in [2.05, 4.69) is 6.92 Å². The van der Waals surface area contributed by atoms with Crippen LogP contribution < -0.4 is 9.05 Å². The van der Waals surface area contributed by atoms with Gasteiger partial charge in [-0.05, 0) is 30.7 Å². The van der Waals surface area contributed by atoms with Crippen molar-refractivity contribution in [2.24, 2.45) is 0 Å². The van der Waals surface area contributed by atoms with Crippen molar-refractivity contribution in [3.8, 4) is 11.5 Å².